The Labute approximate surface area is 116 Å². The first kappa shape index (κ1) is 13.7. The molecule has 0 unspecified atom stereocenters. The Morgan fingerprint density at radius 3 is 2.33 bits per heavy atom. The lowest BCUT2D eigenvalue weighted by Gasteiger charge is -2.11. The molecule has 0 saturated heterocycles. The molecule has 18 heavy (non-hydrogen) atoms. The maximum Gasteiger partial charge on any atom is 0.139 e. The number of halogens is 2. The number of hydrogen-bond donors (Lipinski definition) is 2. The molecule has 2 nitrogen and oxygen atoms in total. The maximum atomic E-state index is 13.3. The second-order valence-corrected chi connectivity index (χ2v) is 7.08. The average molecular weight is 315 g/mol. The molecule has 1 aromatic rings. The van der Waals surface area contributed by atoms with E-state index in [1.807, 2.05) is 0 Å². The fourth-order valence-electron chi connectivity index (χ4n) is 2.77. The highest BCUT2D eigenvalue weighted by atomic mass is 79.9. The molecular weight excluding hydrogens is 295 g/mol. The molecule has 1 aromatic carbocycles. The first-order valence-corrected chi connectivity index (χ1v) is 6.95. The normalized spacial score (nSPS) is 20.8. The van der Waals surface area contributed by atoms with Gasteiger partial charge in [-0.2, -0.15) is 0 Å². The van der Waals surface area contributed by atoms with E-state index in [1.54, 1.807) is 6.07 Å². The second kappa shape index (κ2) is 4.12. The van der Waals surface area contributed by atoms with Crippen LogP contribution < -0.4 is 11.1 Å². The standard InChI is InChI=1S/C14H20BrFN2/c1-13(2)12(14(13,3)4)7-18-11-5-8(15)9(16)6-10(11)17/h5-6,12,18H,7,17H2,1-4H3. The van der Waals surface area contributed by atoms with Crippen molar-refractivity contribution in [3.8, 4) is 0 Å². The largest absolute Gasteiger partial charge is 0.397 e. The van der Waals surface area contributed by atoms with Crippen molar-refractivity contribution in [3.63, 3.8) is 0 Å². The van der Waals surface area contributed by atoms with Crippen LogP contribution in [0.25, 0.3) is 0 Å². The molecule has 0 amide bonds. The van der Waals surface area contributed by atoms with Crippen molar-refractivity contribution in [2.75, 3.05) is 17.6 Å². The van der Waals surface area contributed by atoms with Crippen molar-refractivity contribution >= 4 is 27.3 Å². The van der Waals surface area contributed by atoms with Gasteiger partial charge in [0.2, 0.25) is 0 Å². The summed E-state index contributed by atoms with van der Waals surface area (Å²) in [6.07, 6.45) is 0. The van der Waals surface area contributed by atoms with Gasteiger partial charge < -0.3 is 11.1 Å². The average Bonchev–Trinajstić information content (AvgIpc) is 2.62. The fraction of sp³-hybridized carbons (Fsp3) is 0.571. The summed E-state index contributed by atoms with van der Waals surface area (Å²) in [4.78, 5) is 0. The molecule has 1 saturated carbocycles. The third-order valence-corrected chi connectivity index (χ3v) is 5.52. The molecule has 0 aliphatic heterocycles. The van der Waals surface area contributed by atoms with Crippen molar-refractivity contribution in [1.82, 2.24) is 0 Å². The van der Waals surface area contributed by atoms with E-state index >= 15 is 0 Å². The van der Waals surface area contributed by atoms with E-state index in [0.717, 1.165) is 12.2 Å². The minimum absolute atomic E-state index is 0.329. The Balaban J connectivity index is 2.07. The van der Waals surface area contributed by atoms with Gasteiger partial charge in [0.05, 0.1) is 15.8 Å². The molecule has 100 valence electrons. The molecule has 1 aliphatic rings. The van der Waals surface area contributed by atoms with E-state index in [-0.39, 0.29) is 5.82 Å². The quantitative estimate of drug-likeness (QED) is 0.818. The number of nitrogens with two attached hydrogens (primary N) is 1. The lowest BCUT2D eigenvalue weighted by atomic mass is 10.0. The summed E-state index contributed by atoms with van der Waals surface area (Å²) in [6.45, 7) is 9.99. The molecule has 2 rings (SSSR count). The van der Waals surface area contributed by atoms with Crippen LogP contribution in [0.4, 0.5) is 15.8 Å². The SMILES string of the molecule is CC1(C)C(CNc2cc(Br)c(F)cc2N)C1(C)C. The van der Waals surface area contributed by atoms with E-state index in [9.17, 15) is 4.39 Å². The fourth-order valence-corrected chi connectivity index (χ4v) is 3.11. The molecule has 0 heterocycles. The number of hydrogen-bond acceptors (Lipinski definition) is 2. The minimum atomic E-state index is -0.329. The number of nitrogen functional groups attached to an aromatic ring is 1. The lowest BCUT2D eigenvalue weighted by molar-refractivity contribution is 0.457. The number of rotatable bonds is 3. The zero-order valence-corrected chi connectivity index (χ0v) is 12.9. The lowest BCUT2D eigenvalue weighted by Crippen LogP contribution is -2.10. The zero-order chi connectivity index (χ0) is 13.7. The second-order valence-electron chi connectivity index (χ2n) is 6.23. The van der Waals surface area contributed by atoms with Crippen LogP contribution in [0.1, 0.15) is 27.7 Å². The van der Waals surface area contributed by atoms with Gasteiger partial charge in [0.25, 0.3) is 0 Å². The molecule has 3 N–H and O–H groups in total. The van der Waals surface area contributed by atoms with Gasteiger partial charge in [-0.05, 0) is 38.7 Å². The summed E-state index contributed by atoms with van der Waals surface area (Å²) >= 11 is 3.18. The van der Waals surface area contributed by atoms with Crippen LogP contribution in [0.3, 0.4) is 0 Å². The molecule has 1 fully saturated rings. The minimum Gasteiger partial charge on any atom is -0.397 e. The van der Waals surface area contributed by atoms with Crippen molar-refractivity contribution in [1.29, 1.82) is 0 Å². The third-order valence-electron chi connectivity index (χ3n) is 4.91. The summed E-state index contributed by atoms with van der Waals surface area (Å²) < 4.78 is 13.7. The van der Waals surface area contributed by atoms with E-state index < -0.39 is 0 Å². The van der Waals surface area contributed by atoms with Gasteiger partial charge >= 0.3 is 0 Å². The Bertz CT molecular complexity index is 469. The van der Waals surface area contributed by atoms with Crippen LogP contribution in [0.15, 0.2) is 16.6 Å². The Morgan fingerprint density at radius 2 is 1.83 bits per heavy atom. The van der Waals surface area contributed by atoms with Gasteiger partial charge in [-0.15, -0.1) is 0 Å². The first-order valence-electron chi connectivity index (χ1n) is 6.16. The van der Waals surface area contributed by atoms with E-state index in [2.05, 4.69) is 48.9 Å². The Hall–Kier alpha value is -0.770. The first-order chi connectivity index (χ1) is 8.18. The predicted molar refractivity (Wildman–Crippen MR) is 78.1 cm³/mol. The van der Waals surface area contributed by atoms with Crippen LogP contribution in [-0.2, 0) is 0 Å². The van der Waals surface area contributed by atoms with E-state index in [4.69, 9.17) is 5.73 Å². The van der Waals surface area contributed by atoms with Gasteiger partial charge in [0.15, 0.2) is 0 Å². The van der Waals surface area contributed by atoms with E-state index in [1.165, 1.54) is 6.07 Å². The van der Waals surface area contributed by atoms with Gasteiger partial charge in [-0.3, -0.25) is 0 Å². The number of benzene rings is 1. The number of nitrogens with one attached hydrogen (secondary N) is 1. The monoisotopic (exact) mass is 314 g/mol. The molecule has 1 aliphatic carbocycles. The Morgan fingerprint density at radius 1 is 1.28 bits per heavy atom. The topological polar surface area (TPSA) is 38.0 Å². The predicted octanol–water partition coefficient (Wildman–Crippen LogP) is 4.26. The van der Waals surface area contributed by atoms with Gasteiger partial charge in [0, 0.05) is 12.6 Å². The van der Waals surface area contributed by atoms with Crippen LogP contribution in [0, 0.1) is 22.6 Å². The van der Waals surface area contributed by atoms with Crippen molar-refractivity contribution in [2.24, 2.45) is 16.7 Å². The van der Waals surface area contributed by atoms with E-state index in [0.29, 0.717) is 26.9 Å². The Kier molecular flexibility index (Phi) is 3.13. The summed E-state index contributed by atoms with van der Waals surface area (Å²) in [5, 5.41) is 3.33. The van der Waals surface area contributed by atoms with Crippen LogP contribution in [-0.4, -0.2) is 6.54 Å². The zero-order valence-electron chi connectivity index (χ0n) is 11.3. The van der Waals surface area contributed by atoms with Gasteiger partial charge in [-0.25, -0.2) is 4.39 Å². The molecule has 0 atom stereocenters. The van der Waals surface area contributed by atoms with Crippen molar-refractivity contribution in [3.05, 3.63) is 22.4 Å². The molecule has 0 aromatic heterocycles. The number of anilines is 2. The maximum absolute atomic E-state index is 13.3. The summed E-state index contributed by atoms with van der Waals surface area (Å²) in [5.41, 5.74) is 7.73. The van der Waals surface area contributed by atoms with Crippen molar-refractivity contribution < 1.29 is 4.39 Å². The highest BCUT2D eigenvalue weighted by molar-refractivity contribution is 9.10. The third kappa shape index (κ3) is 2.00. The van der Waals surface area contributed by atoms with Crippen molar-refractivity contribution in [2.45, 2.75) is 27.7 Å². The molecular formula is C14H20BrFN2. The van der Waals surface area contributed by atoms with Crippen LogP contribution in [0.5, 0.6) is 0 Å². The van der Waals surface area contributed by atoms with Gasteiger partial charge in [0.1, 0.15) is 5.82 Å². The summed E-state index contributed by atoms with van der Waals surface area (Å²) in [7, 11) is 0. The highest BCUT2D eigenvalue weighted by Gasteiger charge is 2.64. The molecule has 0 radical (unpaired) electrons. The van der Waals surface area contributed by atoms with Gasteiger partial charge in [-0.1, -0.05) is 27.7 Å². The highest BCUT2D eigenvalue weighted by Crippen LogP contribution is 2.68. The van der Waals surface area contributed by atoms with Crippen LogP contribution in [0.2, 0.25) is 0 Å². The smallest absolute Gasteiger partial charge is 0.139 e. The molecule has 0 spiro atoms. The molecule has 4 heteroatoms. The van der Waals surface area contributed by atoms with Crippen LogP contribution >= 0.6 is 15.9 Å². The molecule has 0 bridgehead atoms. The summed E-state index contributed by atoms with van der Waals surface area (Å²) in [5.74, 6) is 0.276. The summed E-state index contributed by atoms with van der Waals surface area (Å²) in [6, 6.07) is 3.04.